The second-order valence-electron chi connectivity index (χ2n) is 4.12. The van der Waals surface area contributed by atoms with E-state index in [1.165, 1.54) is 19.3 Å². The molecule has 0 saturated carbocycles. The van der Waals surface area contributed by atoms with Gasteiger partial charge < -0.3 is 15.9 Å². The highest BCUT2D eigenvalue weighted by molar-refractivity contribution is 5.61. The lowest BCUT2D eigenvalue weighted by Gasteiger charge is -2.28. The molecule has 88 valence electrons. The van der Waals surface area contributed by atoms with Crippen molar-refractivity contribution in [1.29, 1.82) is 0 Å². The van der Waals surface area contributed by atoms with Crippen LogP contribution >= 0.6 is 0 Å². The average molecular weight is 221 g/mol. The van der Waals surface area contributed by atoms with Crippen LogP contribution in [-0.2, 0) is 0 Å². The zero-order valence-corrected chi connectivity index (χ0v) is 9.70. The van der Waals surface area contributed by atoms with Gasteiger partial charge in [0, 0.05) is 19.2 Å². The summed E-state index contributed by atoms with van der Waals surface area (Å²) >= 11 is 0. The third kappa shape index (κ3) is 2.58. The minimum absolute atomic E-state index is 0.673. The van der Waals surface area contributed by atoms with Gasteiger partial charge in [0.1, 0.15) is 5.75 Å². The molecule has 2 rings (SSSR count). The largest absolute Gasteiger partial charge is 0.495 e. The number of nitrogens with zero attached hydrogens (tertiary/aromatic N) is 1. The molecule has 0 radical (unpaired) electrons. The molecule has 0 spiro atoms. The first-order chi connectivity index (χ1) is 7.79. The lowest BCUT2D eigenvalue weighted by atomic mass is 10.2. The van der Waals surface area contributed by atoms with Crippen molar-refractivity contribution in [1.82, 2.24) is 5.01 Å². The van der Waals surface area contributed by atoms with Crippen LogP contribution in [0.2, 0.25) is 0 Å². The third-order valence-electron chi connectivity index (χ3n) is 2.88. The number of nitrogens with one attached hydrogen (secondary N) is 1. The summed E-state index contributed by atoms with van der Waals surface area (Å²) in [5, 5.41) is 2.24. The molecule has 1 fully saturated rings. The van der Waals surface area contributed by atoms with Crippen molar-refractivity contribution >= 4 is 11.4 Å². The first-order valence-electron chi connectivity index (χ1n) is 5.75. The number of hydrazine groups is 1. The van der Waals surface area contributed by atoms with E-state index in [2.05, 4.69) is 10.4 Å². The van der Waals surface area contributed by atoms with Crippen LogP contribution in [0.3, 0.4) is 0 Å². The number of anilines is 2. The highest BCUT2D eigenvalue weighted by Gasteiger charge is 2.10. The number of hydrogen-bond acceptors (Lipinski definition) is 4. The first kappa shape index (κ1) is 11.1. The van der Waals surface area contributed by atoms with E-state index in [4.69, 9.17) is 10.5 Å². The van der Waals surface area contributed by atoms with Gasteiger partial charge in [0.2, 0.25) is 0 Å². The number of hydrogen-bond donors (Lipinski definition) is 2. The summed E-state index contributed by atoms with van der Waals surface area (Å²) in [6, 6.07) is 5.78. The molecule has 0 unspecified atom stereocenters. The number of benzene rings is 1. The topological polar surface area (TPSA) is 50.5 Å². The van der Waals surface area contributed by atoms with Crippen LogP contribution < -0.4 is 15.9 Å². The Balaban J connectivity index is 2.03. The molecule has 0 bridgehead atoms. The Morgan fingerprint density at radius 3 is 2.69 bits per heavy atom. The summed E-state index contributed by atoms with van der Waals surface area (Å²) < 4.78 is 5.19. The summed E-state index contributed by atoms with van der Waals surface area (Å²) in [4.78, 5) is 0. The van der Waals surface area contributed by atoms with E-state index >= 15 is 0 Å². The number of piperidine rings is 1. The van der Waals surface area contributed by atoms with Gasteiger partial charge in [-0.1, -0.05) is 6.42 Å². The second-order valence-corrected chi connectivity index (χ2v) is 4.12. The molecule has 1 aromatic rings. The molecule has 1 saturated heterocycles. The lowest BCUT2D eigenvalue weighted by Crippen LogP contribution is -2.34. The predicted molar refractivity (Wildman–Crippen MR) is 66.5 cm³/mol. The summed E-state index contributed by atoms with van der Waals surface area (Å²) in [6.07, 6.45) is 3.86. The molecule has 0 aromatic heterocycles. The van der Waals surface area contributed by atoms with Crippen molar-refractivity contribution in [2.45, 2.75) is 19.3 Å². The molecular weight excluding hydrogens is 202 g/mol. The van der Waals surface area contributed by atoms with Crippen LogP contribution in [0, 0.1) is 0 Å². The van der Waals surface area contributed by atoms with Crippen molar-refractivity contribution in [3.05, 3.63) is 18.2 Å². The van der Waals surface area contributed by atoms with Gasteiger partial charge >= 0.3 is 0 Å². The lowest BCUT2D eigenvalue weighted by molar-refractivity contribution is 0.273. The molecule has 1 aromatic carbocycles. The Bertz CT molecular complexity index is 348. The van der Waals surface area contributed by atoms with Crippen molar-refractivity contribution in [2.75, 3.05) is 31.4 Å². The maximum atomic E-state index is 5.77. The first-order valence-corrected chi connectivity index (χ1v) is 5.75. The van der Waals surface area contributed by atoms with Gasteiger partial charge in [0.25, 0.3) is 0 Å². The van der Waals surface area contributed by atoms with Crippen LogP contribution in [0.15, 0.2) is 18.2 Å². The van der Waals surface area contributed by atoms with E-state index < -0.39 is 0 Å². The Morgan fingerprint density at radius 2 is 2.00 bits per heavy atom. The number of methoxy groups -OCH3 is 1. The fourth-order valence-corrected chi connectivity index (χ4v) is 1.97. The van der Waals surface area contributed by atoms with E-state index in [0.717, 1.165) is 24.5 Å². The second kappa shape index (κ2) is 5.07. The van der Waals surface area contributed by atoms with E-state index in [1.807, 2.05) is 18.2 Å². The Hall–Kier alpha value is -1.42. The van der Waals surface area contributed by atoms with Crippen LogP contribution in [-0.4, -0.2) is 25.2 Å². The number of nitrogen functional groups attached to an aromatic ring is 1. The molecular formula is C12H19N3O. The van der Waals surface area contributed by atoms with Crippen LogP contribution in [0.5, 0.6) is 5.75 Å². The molecule has 3 N–H and O–H groups in total. The molecule has 1 aliphatic heterocycles. The zero-order valence-electron chi connectivity index (χ0n) is 9.70. The Kier molecular flexibility index (Phi) is 3.51. The maximum absolute atomic E-state index is 5.77. The summed E-state index contributed by atoms with van der Waals surface area (Å²) in [5.41, 5.74) is 10.9. The average Bonchev–Trinajstić information content (AvgIpc) is 2.33. The monoisotopic (exact) mass is 221 g/mol. The predicted octanol–water partition coefficient (Wildman–Crippen LogP) is 2.09. The quantitative estimate of drug-likeness (QED) is 0.767. The van der Waals surface area contributed by atoms with Gasteiger partial charge in [-0.2, -0.15) is 0 Å². The SMILES string of the molecule is COc1cc(NN2CCCCC2)ccc1N. The number of rotatable bonds is 3. The van der Waals surface area contributed by atoms with Crippen molar-refractivity contribution in [3.63, 3.8) is 0 Å². The smallest absolute Gasteiger partial charge is 0.143 e. The normalized spacial score (nSPS) is 17.1. The van der Waals surface area contributed by atoms with Crippen LogP contribution in [0.25, 0.3) is 0 Å². The van der Waals surface area contributed by atoms with E-state index in [1.54, 1.807) is 7.11 Å². The molecule has 1 heterocycles. The zero-order chi connectivity index (χ0) is 11.4. The van der Waals surface area contributed by atoms with E-state index in [9.17, 15) is 0 Å². The fourth-order valence-electron chi connectivity index (χ4n) is 1.97. The molecule has 0 atom stereocenters. The van der Waals surface area contributed by atoms with Crippen molar-refractivity contribution in [3.8, 4) is 5.75 Å². The Morgan fingerprint density at radius 1 is 1.25 bits per heavy atom. The fraction of sp³-hybridized carbons (Fsp3) is 0.500. The van der Waals surface area contributed by atoms with Gasteiger partial charge in [-0.25, -0.2) is 5.01 Å². The summed E-state index contributed by atoms with van der Waals surface area (Å²) in [7, 11) is 1.64. The van der Waals surface area contributed by atoms with E-state index in [0.29, 0.717) is 5.69 Å². The van der Waals surface area contributed by atoms with Gasteiger partial charge in [-0.15, -0.1) is 0 Å². The molecule has 16 heavy (non-hydrogen) atoms. The summed E-state index contributed by atoms with van der Waals surface area (Å²) in [6.45, 7) is 2.21. The third-order valence-corrected chi connectivity index (χ3v) is 2.88. The number of ether oxygens (including phenoxy) is 1. The number of nitrogens with two attached hydrogens (primary N) is 1. The summed E-state index contributed by atoms with van der Waals surface area (Å²) in [5.74, 6) is 0.724. The molecule has 1 aliphatic rings. The van der Waals surface area contributed by atoms with Crippen LogP contribution in [0.4, 0.5) is 11.4 Å². The van der Waals surface area contributed by atoms with Gasteiger partial charge in [0.05, 0.1) is 18.5 Å². The van der Waals surface area contributed by atoms with Gasteiger partial charge in [0.15, 0.2) is 0 Å². The molecule has 0 amide bonds. The maximum Gasteiger partial charge on any atom is 0.143 e. The minimum Gasteiger partial charge on any atom is -0.495 e. The van der Waals surface area contributed by atoms with Crippen molar-refractivity contribution < 1.29 is 4.74 Å². The van der Waals surface area contributed by atoms with Crippen molar-refractivity contribution in [2.24, 2.45) is 0 Å². The van der Waals surface area contributed by atoms with Gasteiger partial charge in [-0.05, 0) is 25.0 Å². The molecule has 4 heteroatoms. The van der Waals surface area contributed by atoms with Gasteiger partial charge in [-0.3, -0.25) is 0 Å². The Labute approximate surface area is 96.3 Å². The standard InChI is InChI=1S/C12H19N3O/c1-16-12-9-10(5-6-11(12)13)14-15-7-3-2-4-8-15/h5-6,9,14H,2-4,7-8,13H2,1H3. The minimum atomic E-state index is 0.673. The highest BCUT2D eigenvalue weighted by Crippen LogP contribution is 2.25. The molecule has 0 aliphatic carbocycles. The highest BCUT2D eigenvalue weighted by atomic mass is 16.5. The molecule has 4 nitrogen and oxygen atoms in total. The van der Waals surface area contributed by atoms with E-state index in [-0.39, 0.29) is 0 Å². The van der Waals surface area contributed by atoms with Crippen LogP contribution in [0.1, 0.15) is 19.3 Å².